The van der Waals surface area contributed by atoms with Crippen LogP contribution in [0.15, 0.2) is 60.8 Å². The van der Waals surface area contributed by atoms with Crippen molar-refractivity contribution in [3.05, 3.63) is 60.8 Å². The largest absolute Gasteiger partial charge is 0.454 e. The summed E-state index contributed by atoms with van der Waals surface area (Å²) in [5.74, 6) is -1.20. The van der Waals surface area contributed by atoms with Gasteiger partial charge in [-0.2, -0.15) is 0 Å². The maximum Gasteiger partial charge on any atom is 0.306 e. The number of hydrogen-bond acceptors (Lipinski definition) is 10. The van der Waals surface area contributed by atoms with E-state index in [0.29, 0.717) is 19.3 Å². The van der Waals surface area contributed by atoms with Crippen molar-refractivity contribution in [2.75, 3.05) is 13.2 Å². The minimum absolute atomic E-state index is 0.110. The van der Waals surface area contributed by atoms with Crippen molar-refractivity contribution in [3.8, 4) is 0 Å². The van der Waals surface area contributed by atoms with Crippen LogP contribution in [-0.2, 0) is 23.8 Å². The molecule has 0 radical (unpaired) electrons. The normalized spacial score (nSPS) is 19.0. The van der Waals surface area contributed by atoms with Gasteiger partial charge in [0.25, 0.3) is 0 Å². The van der Waals surface area contributed by atoms with E-state index >= 15 is 0 Å². The predicted molar refractivity (Wildman–Crippen MR) is 343 cm³/mol. The summed E-state index contributed by atoms with van der Waals surface area (Å²) in [5, 5.41) is 57.1. The highest BCUT2D eigenvalue weighted by atomic mass is 16.7. The molecule has 0 aromatic rings. The number of nitrogens with one attached hydrogen (secondary N) is 1. The lowest BCUT2D eigenvalue weighted by atomic mass is 9.99. The van der Waals surface area contributed by atoms with E-state index in [1.165, 1.54) is 180 Å². The third-order valence-electron chi connectivity index (χ3n) is 16.2. The van der Waals surface area contributed by atoms with Gasteiger partial charge in [0.05, 0.1) is 25.4 Å². The quantitative estimate of drug-likeness (QED) is 0.0149. The van der Waals surface area contributed by atoms with Gasteiger partial charge < -0.3 is 45.1 Å². The molecule has 8 atom stereocenters. The van der Waals surface area contributed by atoms with Crippen molar-refractivity contribution in [3.63, 3.8) is 0 Å². The second kappa shape index (κ2) is 58.7. The Labute approximate surface area is 503 Å². The van der Waals surface area contributed by atoms with Gasteiger partial charge in [-0.25, -0.2) is 0 Å². The standard InChI is InChI=1S/C71H129NO10/c1-4-7-10-13-16-19-22-25-27-28-29-30-31-32-33-34-35-36-37-39-40-43-46-49-52-55-58-64(75)70(79)72-62(63(74)57-54-51-48-45-42-24-21-18-15-12-9-6-3)61-80-71-69(68(78)67(77)65(60-73)81-71)82-66(76)59-56-53-50-47-44-41-38-26-23-20-17-14-11-8-5-2/h8,11,14,17,20,23,25,27,54,57,62-65,67-69,71,73-75,77-78H,4-7,9-10,12-13,15-16,18-19,21-22,24,26,28-53,55-56,58-61H2,1-3H3,(H,72,79)/b11-8+,17-14+,23-20+,27-25+,57-54+. The summed E-state index contributed by atoms with van der Waals surface area (Å²) in [6.07, 6.45) is 64.2. The molecule has 1 saturated heterocycles. The van der Waals surface area contributed by atoms with Gasteiger partial charge in [-0.1, -0.05) is 300 Å². The topological polar surface area (TPSA) is 175 Å². The Morgan fingerprint density at radius 1 is 0.488 bits per heavy atom. The molecule has 478 valence electrons. The van der Waals surface area contributed by atoms with Gasteiger partial charge in [0.2, 0.25) is 5.91 Å². The van der Waals surface area contributed by atoms with Crippen molar-refractivity contribution in [1.29, 1.82) is 0 Å². The SMILES string of the molecule is CC/C=C/C=C/C=C/CCCCCCCCCC(=O)OC1C(OCC(NC(=O)C(O)CCCCCCCCCCCCCCCCCC/C=C/CCCCCCCC)C(O)/C=C/CCCCCCCCCCCC)OC(CO)C(O)C1O. The molecule has 1 rings (SSSR count). The Bertz CT molecular complexity index is 1560. The Hall–Kier alpha value is -2.64. The first-order valence-corrected chi connectivity index (χ1v) is 34.6. The molecule has 1 aliphatic rings. The van der Waals surface area contributed by atoms with E-state index in [1.54, 1.807) is 6.08 Å². The molecule has 0 saturated carbocycles. The van der Waals surface area contributed by atoms with Gasteiger partial charge in [-0.15, -0.1) is 0 Å². The number of unbranched alkanes of at least 4 members (excludes halogenated alkanes) is 39. The molecule has 8 unspecified atom stereocenters. The first-order valence-electron chi connectivity index (χ1n) is 34.6. The number of ether oxygens (including phenoxy) is 3. The summed E-state index contributed by atoms with van der Waals surface area (Å²) >= 11 is 0. The predicted octanol–water partition coefficient (Wildman–Crippen LogP) is 17.3. The number of hydrogen-bond donors (Lipinski definition) is 6. The molecular weight excluding hydrogens is 1030 g/mol. The summed E-state index contributed by atoms with van der Waals surface area (Å²) in [7, 11) is 0. The molecule has 1 heterocycles. The summed E-state index contributed by atoms with van der Waals surface area (Å²) in [6, 6.07) is -1.03. The van der Waals surface area contributed by atoms with Crippen LogP contribution >= 0.6 is 0 Å². The van der Waals surface area contributed by atoms with Crippen LogP contribution in [0, 0.1) is 0 Å². The fourth-order valence-corrected chi connectivity index (χ4v) is 10.8. The zero-order valence-electron chi connectivity index (χ0n) is 53.1. The number of esters is 1. The molecule has 11 heteroatoms. The number of carbonyl (C=O) groups is 2. The number of allylic oxidation sites excluding steroid dienone is 9. The summed E-state index contributed by atoms with van der Waals surface area (Å²) in [6.45, 7) is 5.68. The highest BCUT2D eigenvalue weighted by Crippen LogP contribution is 2.26. The molecular formula is C71H129NO10. The van der Waals surface area contributed by atoms with Gasteiger partial charge in [0, 0.05) is 6.42 Å². The van der Waals surface area contributed by atoms with Crippen molar-refractivity contribution in [2.45, 2.75) is 365 Å². The van der Waals surface area contributed by atoms with Gasteiger partial charge in [0.15, 0.2) is 12.4 Å². The molecule has 1 aliphatic heterocycles. The van der Waals surface area contributed by atoms with Crippen LogP contribution in [0.5, 0.6) is 0 Å². The molecule has 82 heavy (non-hydrogen) atoms. The lowest BCUT2D eigenvalue weighted by Gasteiger charge is -2.41. The van der Waals surface area contributed by atoms with Crippen molar-refractivity contribution >= 4 is 11.9 Å². The summed E-state index contributed by atoms with van der Waals surface area (Å²) in [5.41, 5.74) is 0. The Balaban J connectivity index is 2.55. The van der Waals surface area contributed by atoms with E-state index in [1.807, 2.05) is 12.2 Å². The minimum Gasteiger partial charge on any atom is -0.454 e. The third-order valence-corrected chi connectivity index (χ3v) is 16.2. The van der Waals surface area contributed by atoms with Crippen LogP contribution in [0.25, 0.3) is 0 Å². The molecule has 0 bridgehead atoms. The minimum atomic E-state index is -1.62. The molecule has 6 N–H and O–H groups in total. The van der Waals surface area contributed by atoms with Gasteiger partial charge in [-0.05, 0) is 70.6 Å². The number of carbonyl (C=O) groups excluding carboxylic acids is 2. The van der Waals surface area contributed by atoms with Crippen LogP contribution in [0.2, 0.25) is 0 Å². The highest BCUT2D eigenvalue weighted by Gasteiger charge is 2.47. The van der Waals surface area contributed by atoms with E-state index in [-0.39, 0.29) is 13.0 Å². The van der Waals surface area contributed by atoms with E-state index in [2.05, 4.69) is 68.6 Å². The third kappa shape index (κ3) is 45.7. The van der Waals surface area contributed by atoms with Crippen LogP contribution in [0.4, 0.5) is 0 Å². The van der Waals surface area contributed by atoms with Gasteiger partial charge in [-0.3, -0.25) is 9.59 Å². The molecule has 11 nitrogen and oxygen atoms in total. The number of rotatable bonds is 59. The summed E-state index contributed by atoms with van der Waals surface area (Å²) in [4.78, 5) is 26.6. The van der Waals surface area contributed by atoms with Gasteiger partial charge in [0.1, 0.15) is 24.4 Å². The average Bonchev–Trinajstić information content (AvgIpc) is 3.44. The zero-order chi connectivity index (χ0) is 59.6. The molecule has 0 spiro atoms. The number of aliphatic hydroxyl groups excluding tert-OH is 5. The molecule has 0 aromatic heterocycles. The lowest BCUT2D eigenvalue weighted by Crippen LogP contribution is -2.61. The fourth-order valence-electron chi connectivity index (χ4n) is 10.8. The molecule has 1 amide bonds. The molecule has 0 aliphatic carbocycles. The van der Waals surface area contributed by atoms with E-state index in [0.717, 1.165) is 89.9 Å². The second-order valence-corrected chi connectivity index (χ2v) is 23.9. The van der Waals surface area contributed by atoms with Crippen LogP contribution in [0.1, 0.15) is 316 Å². The Morgan fingerprint density at radius 3 is 1.34 bits per heavy atom. The van der Waals surface area contributed by atoms with Crippen molar-refractivity contribution in [1.82, 2.24) is 5.32 Å². The maximum absolute atomic E-state index is 13.5. The summed E-state index contributed by atoms with van der Waals surface area (Å²) < 4.78 is 17.6. The van der Waals surface area contributed by atoms with Crippen molar-refractivity contribution in [2.24, 2.45) is 0 Å². The smallest absolute Gasteiger partial charge is 0.306 e. The first kappa shape index (κ1) is 77.4. The van der Waals surface area contributed by atoms with Gasteiger partial charge >= 0.3 is 5.97 Å². The monoisotopic (exact) mass is 1160 g/mol. The zero-order valence-corrected chi connectivity index (χ0v) is 53.1. The highest BCUT2D eigenvalue weighted by molar-refractivity contribution is 5.80. The first-order chi connectivity index (χ1) is 40.2. The average molecular weight is 1160 g/mol. The second-order valence-electron chi connectivity index (χ2n) is 23.9. The van der Waals surface area contributed by atoms with Crippen LogP contribution in [0.3, 0.4) is 0 Å². The van der Waals surface area contributed by atoms with Crippen LogP contribution in [-0.4, -0.2) is 99.6 Å². The Kier molecular flexibility index (Phi) is 55.4. The molecule has 0 aromatic carbocycles. The van der Waals surface area contributed by atoms with E-state index in [4.69, 9.17) is 14.2 Å². The van der Waals surface area contributed by atoms with E-state index < -0.39 is 67.4 Å². The molecule has 1 fully saturated rings. The maximum atomic E-state index is 13.5. The fraction of sp³-hybridized carbons (Fsp3) is 0.831. The number of amides is 1. The van der Waals surface area contributed by atoms with E-state index in [9.17, 15) is 35.1 Å². The lowest BCUT2D eigenvalue weighted by molar-refractivity contribution is -0.305. The number of aliphatic hydroxyl groups is 5. The Morgan fingerprint density at radius 2 is 0.890 bits per heavy atom. The van der Waals surface area contributed by atoms with Crippen LogP contribution < -0.4 is 5.32 Å². The van der Waals surface area contributed by atoms with Crippen molar-refractivity contribution < 1.29 is 49.3 Å².